The first-order valence-corrected chi connectivity index (χ1v) is 7.57. The van der Waals surface area contributed by atoms with Crippen molar-refractivity contribution in [2.24, 2.45) is 0 Å². The van der Waals surface area contributed by atoms with Gasteiger partial charge in [0.25, 0.3) is 0 Å². The fourth-order valence-corrected chi connectivity index (χ4v) is 2.04. The van der Waals surface area contributed by atoms with E-state index in [1.807, 2.05) is 24.3 Å². The van der Waals surface area contributed by atoms with Crippen LogP contribution in [0.3, 0.4) is 0 Å². The standard InChI is InChI=1S/C10H9ClN2O.C6H2Cl2N2/c1-14-4-2-3-8-5-9(11)10(6-12)13-7-8;7-4-1-5(8)6(2-9)10-3-4/h2-3,5,7H,4H2,1H3;1,3H/b3-2+;. The Bertz CT molecular complexity index is 810. The van der Waals surface area contributed by atoms with E-state index in [4.69, 9.17) is 50.1 Å². The van der Waals surface area contributed by atoms with Crippen LogP contribution in [0.4, 0.5) is 0 Å². The van der Waals surface area contributed by atoms with Gasteiger partial charge in [0.2, 0.25) is 0 Å². The Labute approximate surface area is 154 Å². The summed E-state index contributed by atoms with van der Waals surface area (Å²) in [7, 11) is 1.62. The highest BCUT2D eigenvalue weighted by Crippen LogP contribution is 2.17. The smallest absolute Gasteiger partial charge is 0.159 e. The molecule has 0 aliphatic heterocycles. The Balaban J connectivity index is 0.000000254. The molecule has 0 amide bonds. The lowest BCUT2D eigenvalue weighted by Gasteiger charge is -1.96. The van der Waals surface area contributed by atoms with Gasteiger partial charge in [0.1, 0.15) is 12.1 Å². The summed E-state index contributed by atoms with van der Waals surface area (Å²) >= 11 is 16.9. The first-order chi connectivity index (χ1) is 11.5. The number of halogens is 3. The van der Waals surface area contributed by atoms with Crippen LogP contribution in [0.5, 0.6) is 0 Å². The molecular formula is C16H11Cl3N4O. The summed E-state index contributed by atoms with van der Waals surface area (Å²) in [5, 5.41) is 18.0. The minimum atomic E-state index is 0.200. The molecule has 0 aliphatic carbocycles. The highest BCUT2D eigenvalue weighted by atomic mass is 35.5. The van der Waals surface area contributed by atoms with E-state index in [1.54, 1.807) is 19.4 Å². The maximum atomic E-state index is 8.59. The van der Waals surface area contributed by atoms with E-state index < -0.39 is 0 Å². The lowest BCUT2D eigenvalue weighted by atomic mass is 10.2. The Hall–Kier alpha value is -2.15. The average molecular weight is 382 g/mol. The second kappa shape index (κ2) is 10.6. The van der Waals surface area contributed by atoms with Crippen molar-refractivity contribution in [1.29, 1.82) is 10.5 Å². The summed E-state index contributed by atoms with van der Waals surface area (Å²) in [4.78, 5) is 7.56. The van der Waals surface area contributed by atoms with Gasteiger partial charge in [-0.05, 0) is 17.7 Å². The normalized spacial score (nSPS) is 9.75. The molecule has 0 aromatic carbocycles. The third-order valence-electron chi connectivity index (χ3n) is 2.46. The molecule has 0 fully saturated rings. The van der Waals surface area contributed by atoms with Crippen molar-refractivity contribution >= 4 is 40.9 Å². The first kappa shape index (κ1) is 19.9. The molecule has 0 bridgehead atoms. The molecule has 0 N–H and O–H groups in total. The quantitative estimate of drug-likeness (QED) is 0.780. The second-order valence-corrected chi connectivity index (χ2v) is 5.42. The van der Waals surface area contributed by atoms with Crippen molar-refractivity contribution in [3.05, 3.63) is 62.6 Å². The van der Waals surface area contributed by atoms with Crippen LogP contribution in [0.15, 0.2) is 30.6 Å². The molecular weight excluding hydrogens is 371 g/mol. The van der Waals surface area contributed by atoms with Gasteiger partial charge >= 0.3 is 0 Å². The van der Waals surface area contributed by atoms with Crippen LogP contribution in [0, 0.1) is 22.7 Å². The zero-order chi connectivity index (χ0) is 17.9. The number of methoxy groups -OCH3 is 1. The number of nitriles is 2. The molecule has 0 unspecified atom stereocenters. The van der Waals surface area contributed by atoms with Gasteiger partial charge in [-0.3, -0.25) is 0 Å². The van der Waals surface area contributed by atoms with Gasteiger partial charge in [-0.1, -0.05) is 47.0 Å². The molecule has 0 saturated heterocycles. The topological polar surface area (TPSA) is 82.6 Å². The highest BCUT2D eigenvalue weighted by molar-refractivity contribution is 6.35. The van der Waals surface area contributed by atoms with E-state index in [0.717, 1.165) is 5.56 Å². The Morgan fingerprint density at radius 3 is 2.12 bits per heavy atom. The molecule has 0 saturated carbocycles. The number of pyridine rings is 2. The predicted octanol–water partition coefficient (Wildman–Crippen LogP) is 4.53. The number of rotatable bonds is 3. The lowest BCUT2D eigenvalue weighted by Crippen LogP contribution is -1.86. The summed E-state index contributed by atoms with van der Waals surface area (Å²) < 4.78 is 4.85. The first-order valence-electron chi connectivity index (χ1n) is 6.44. The van der Waals surface area contributed by atoms with Crippen molar-refractivity contribution in [3.63, 3.8) is 0 Å². The van der Waals surface area contributed by atoms with Gasteiger partial charge in [-0.25, -0.2) is 9.97 Å². The van der Waals surface area contributed by atoms with Crippen LogP contribution in [-0.4, -0.2) is 23.7 Å². The van der Waals surface area contributed by atoms with Crippen LogP contribution in [0.1, 0.15) is 17.0 Å². The number of ether oxygens (including phenoxy) is 1. The predicted molar refractivity (Wildman–Crippen MR) is 93.8 cm³/mol. The summed E-state index contributed by atoms with van der Waals surface area (Å²) in [6.07, 6.45) is 6.66. The maximum Gasteiger partial charge on any atom is 0.159 e. The van der Waals surface area contributed by atoms with Gasteiger partial charge in [0.05, 0.1) is 21.7 Å². The van der Waals surface area contributed by atoms with Gasteiger partial charge in [-0.15, -0.1) is 0 Å². The average Bonchev–Trinajstić information content (AvgIpc) is 2.56. The Morgan fingerprint density at radius 2 is 1.62 bits per heavy atom. The van der Waals surface area contributed by atoms with Gasteiger partial charge < -0.3 is 4.74 Å². The zero-order valence-corrected chi connectivity index (χ0v) is 14.8. The van der Waals surface area contributed by atoms with Gasteiger partial charge in [0, 0.05) is 19.5 Å². The minimum absolute atomic E-state index is 0.200. The monoisotopic (exact) mass is 380 g/mol. The van der Waals surface area contributed by atoms with Crippen LogP contribution in [-0.2, 0) is 4.74 Å². The Morgan fingerprint density at radius 1 is 1.04 bits per heavy atom. The second-order valence-electron chi connectivity index (χ2n) is 4.16. The molecule has 2 rings (SSSR count). The van der Waals surface area contributed by atoms with Crippen molar-refractivity contribution in [2.75, 3.05) is 13.7 Å². The van der Waals surface area contributed by atoms with Gasteiger partial charge in [0.15, 0.2) is 11.4 Å². The zero-order valence-electron chi connectivity index (χ0n) is 12.5. The van der Waals surface area contributed by atoms with Gasteiger partial charge in [-0.2, -0.15) is 10.5 Å². The molecule has 2 aromatic heterocycles. The molecule has 122 valence electrons. The van der Waals surface area contributed by atoms with E-state index in [-0.39, 0.29) is 16.4 Å². The lowest BCUT2D eigenvalue weighted by molar-refractivity contribution is 0.234. The molecule has 0 radical (unpaired) electrons. The number of aromatic nitrogens is 2. The number of hydrogen-bond donors (Lipinski definition) is 0. The van der Waals surface area contributed by atoms with Crippen LogP contribution in [0.2, 0.25) is 15.1 Å². The molecule has 2 heterocycles. The van der Waals surface area contributed by atoms with Crippen LogP contribution in [0.25, 0.3) is 6.08 Å². The molecule has 2 aromatic rings. The van der Waals surface area contributed by atoms with Crippen LogP contribution >= 0.6 is 34.8 Å². The third-order valence-corrected chi connectivity index (χ3v) is 3.24. The highest BCUT2D eigenvalue weighted by Gasteiger charge is 2.00. The molecule has 5 nitrogen and oxygen atoms in total. The van der Waals surface area contributed by atoms with E-state index in [9.17, 15) is 0 Å². The fourth-order valence-electron chi connectivity index (χ4n) is 1.40. The summed E-state index contributed by atoms with van der Waals surface area (Å²) in [5.41, 5.74) is 1.30. The molecule has 0 spiro atoms. The molecule has 0 aliphatic rings. The molecule has 24 heavy (non-hydrogen) atoms. The van der Waals surface area contributed by atoms with E-state index >= 15 is 0 Å². The van der Waals surface area contributed by atoms with E-state index in [1.165, 1.54) is 12.3 Å². The van der Waals surface area contributed by atoms with E-state index in [0.29, 0.717) is 16.7 Å². The van der Waals surface area contributed by atoms with Crippen molar-refractivity contribution in [3.8, 4) is 12.1 Å². The summed E-state index contributed by atoms with van der Waals surface area (Å²) in [5.74, 6) is 0. The van der Waals surface area contributed by atoms with E-state index in [2.05, 4.69) is 9.97 Å². The molecule has 8 heteroatoms. The minimum Gasteiger partial charge on any atom is -0.381 e. The van der Waals surface area contributed by atoms with Crippen molar-refractivity contribution < 1.29 is 4.74 Å². The van der Waals surface area contributed by atoms with Crippen molar-refractivity contribution in [2.45, 2.75) is 0 Å². The fraction of sp³-hybridized carbons (Fsp3) is 0.125. The maximum absolute atomic E-state index is 8.59. The summed E-state index contributed by atoms with van der Waals surface area (Å²) in [6, 6.07) is 6.89. The number of nitrogens with zero attached hydrogens (tertiary/aromatic N) is 4. The molecule has 0 atom stereocenters. The van der Waals surface area contributed by atoms with Crippen LogP contribution < -0.4 is 0 Å². The number of hydrogen-bond acceptors (Lipinski definition) is 5. The SMILES string of the molecule is COC/C=C/c1cnc(C#N)c(Cl)c1.N#Cc1ncc(Cl)cc1Cl. The largest absolute Gasteiger partial charge is 0.381 e. The van der Waals surface area contributed by atoms with Crippen molar-refractivity contribution in [1.82, 2.24) is 9.97 Å². The summed E-state index contributed by atoms with van der Waals surface area (Å²) in [6.45, 7) is 0.539. The third kappa shape index (κ3) is 6.54. The Kier molecular flexibility index (Phi) is 8.78.